The lowest BCUT2D eigenvalue weighted by Gasteiger charge is -1.98. The molecule has 0 bridgehead atoms. The highest BCUT2D eigenvalue weighted by atomic mass is 16.1. The largest absolute Gasteiger partial charge is 0.384 e. The zero-order chi connectivity index (χ0) is 7.56. The lowest BCUT2D eigenvalue weighted by atomic mass is 10.5. The van der Waals surface area contributed by atoms with Crippen molar-refractivity contribution >= 4 is 5.69 Å². The SMILES string of the molecule is CNc1ccnn(C)c1=O. The van der Waals surface area contributed by atoms with Crippen LogP contribution in [0.4, 0.5) is 5.69 Å². The van der Waals surface area contributed by atoms with Gasteiger partial charge in [0.25, 0.3) is 5.56 Å². The second kappa shape index (κ2) is 2.51. The third-order valence-electron chi connectivity index (χ3n) is 1.27. The zero-order valence-corrected chi connectivity index (χ0v) is 5.96. The fourth-order valence-electron chi connectivity index (χ4n) is 0.696. The van der Waals surface area contributed by atoms with E-state index in [0.717, 1.165) is 0 Å². The smallest absolute Gasteiger partial charge is 0.289 e. The maximum Gasteiger partial charge on any atom is 0.289 e. The highest BCUT2D eigenvalue weighted by Crippen LogP contribution is 1.91. The summed E-state index contributed by atoms with van der Waals surface area (Å²) in [5.74, 6) is 0. The van der Waals surface area contributed by atoms with Crippen molar-refractivity contribution in [3.8, 4) is 0 Å². The number of nitrogens with zero attached hydrogens (tertiary/aromatic N) is 2. The van der Waals surface area contributed by atoms with Gasteiger partial charge in [0.05, 0.1) is 0 Å². The van der Waals surface area contributed by atoms with Gasteiger partial charge in [0.1, 0.15) is 5.69 Å². The van der Waals surface area contributed by atoms with E-state index in [4.69, 9.17) is 0 Å². The predicted molar refractivity (Wildman–Crippen MR) is 39.0 cm³/mol. The first-order chi connectivity index (χ1) is 4.75. The first kappa shape index (κ1) is 6.80. The van der Waals surface area contributed by atoms with E-state index in [1.165, 1.54) is 4.68 Å². The molecule has 0 aliphatic carbocycles. The number of rotatable bonds is 1. The van der Waals surface area contributed by atoms with Crippen LogP contribution in [0.25, 0.3) is 0 Å². The van der Waals surface area contributed by atoms with E-state index in [-0.39, 0.29) is 5.56 Å². The minimum Gasteiger partial charge on any atom is -0.384 e. The van der Waals surface area contributed by atoms with Crippen LogP contribution in [-0.4, -0.2) is 16.8 Å². The van der Waals surface area contributed by atoms with Crippen molar-refractivity contribution in [3.63, 3.8) is 0 Å². The maximum atomic E-state index is 11.0. The van der Waals surface area contributed by atoms with Crippen molar-refractivity contribution in [1.29, 1.82) is 0 Å². The van der Waals surface area contributed by atoms with Crippen LogP contribution in [0, 0.1) is 0 Å². The average molecular weight is 139 g/mol. The summed E-state index contributed by atoms with van der Waals surface area (Å²) in [6, 6.07) is 1.64. The van der Waals surface area contributed by atoms with Gasteiger partial charge < -0.3 is 5.32 Å². The van der Waals surface area contributed by atoms with Crippen LogP contribution >= 0.6 is 0 Å². The van der Waals surface area contributed by atoms with Gasteiger partial charge in [-0.25, -0.2) is 4.68 Å². The van der Waals surface area contributed by atoms with Gasteiger partial charge in [-0.2, -0.15) is 5.10 Å². The summed E-state index contributed by atoms with van der Waals surface area (Å²) >= 11 is 0. The Morgan fingerprint density at radius 1 is 1.70 bits per heavy atom. The molecule has 10 heavy (non-hydrogen) atoms. The van der Waals surface area contributed by atoms with Gasteiger partial charge in [-0.05, 0) is 6.07 Å². The Bertz CT molecular complexity index is 279. The topological polar surface area (TPSA) is 46.9 Å². The Hall–Kier alpha value is -1.32. The van der Waals surface area contributed by atoms with Gasteiger partial charge in [-0.1, -0.05) is 0 Å². The van der Waals surface area contributed by atoms with Gasteiger partial charge in [0.15, 0.2) is 0 Å². The normalized spacial score (nSPS) is 9.40. The van der Waals surface area contributed by atoms with Gasteiger partial charge in [0.2, 0.25) is 0 Å². The third-order valence-corrected chi connectivity index (χ3v) is 1.27. The molecule has 1 heterocycles. The molecule has 1 rings (SSSR count). The van der Waals surface area contributed by atoms with Crippen LogP contribution in [0.3, 0.4) is 0 Å². The second-order valence-electron chi connectivity index (χ2n) is 1.92. The molecule has 0 fully saturated rings. The minimum absolute atomic E-state index is 0.106. The lowest BCUT2D eigenvalue weighted by Crippen LogP contribution is -2.21. The molecule has 0 saturated carbocycles. The van der Waals surface area contributed by atoms with Crippen molar-refractivity contribution in [1.82, 2.24) is 9.78 Å². The molecular formula is C6H9N3O. The standard InChI is InChI=1S/C6H9N3O/c1-7-5-3-4-8-9(2)6(5)10/h3-4,7H,1-2H3. The van der Waals surface area contributed by atoms with Crippen LogP contribution in [0.2, 0.25) is 0 Å². The molecule has 0 aromatic carbocycles. The minimum atomic E-state index is -0.106. The molecular weight excluding hydrogens is 130 g/mol. The molecule has 1 N–H and O–H groups in total. The summed E-state index contributed by atoms with van der Waals surface area (Å²) in [5.41, 5.74) is 0.461. The van der Waals surface area contributed by atoms with E-state index < -0.39 is 0 Å². The second-order valence-corrected chi connectivity index (χ2v) is 1.92. The van der Waals surface area contributed by atoms with E-state index in [9.17, 15) is 4.79 Å². The highest BCUT2D eigenvalue weighted by Gasteiger charge is 1.95. The Balaban J connectivity index is 3.28. The van der Waals surface area contributed by atoms with Crippen LogP contribution in [0.15, 0.2) is 17.1 Å². The van der Waals surface area contributed by atoms with Gasteiger partial charge in [-0.3, -0.25) is 4.79 Å². The highest BCUT2D eigenvalue weighted by molar-refractivity contribution is 5.37. The predicted octanol–water partition coefficient (Wildman–Crippen LogP) is -0.178. The van der Waals surface area contributed by atoms with E-state index in [0.29, 0.717) is 5.69 Å². The fourth-order valence-corrected chi connectivity index (χ4v) is 0.696. The van der Waals surface area contributed by atoms with Crippen LogP contribution < -0.4 is 10.9 Å². The molecule has 0 amide bonds. The van der Waals surface area contributed by atoms with Gasteiger partial charge in [-0.15, -0.1) is 0 Å². The lowest BCUT2D eigenvalue weighted by molar-refractivity contribution is 0.709. The Morgan fingerprint density at radius 3 is 2.90 bits per heavy atom. The Morgan fingerprint density at radius 2 is 2.40 bits per heavy atom. The number of aromatic nitrogens is 2. The summed E-state index contributed by atoms with van der Waals surface area (Å²) < 4.78 is 1.28. The summed E-state index contributed by atoms with van der Waals surface area (Å²) in [6.45, 7) is 0. The van der Waals surface area contributed by atoms with Crippen LogP contribution in [-0.2, 0) is 7.05 Å². The van der Waals surface area contributed by atoms with Crippen molar-refractivity contribution in [2.45, 2.75) is 0 Å². The summed E-state index contributed by atoms with van der Waals surface area (Å²) in [5, 5.41) is 6.51. The molecule has 1 aromatic heterocycles. The summed E-state index contributed by atoms with van der Waals surface area (Å²) in [7, 11) is 3.32. The van der Waals surface area contributed by atoms with E-state index >= 15 is 0 Å². The van der Waals surface area contributed by atoms with E-state index in [2.05, 4.69) is 10.4 Å². The average Bonchev–Trinajstić information content (AvgIpc) is 1.95. The number of hydrogen-bond acceptors (Lipinski definition) is 3. The molecule has 0 saturated heterocycles. The van der Waals surface area contributed by atoms with Gasteiger partial charge >= 0.3 is 0 Å². The quantitative estimate of drug-likeness (QED) is 0.587. The van der Waals surface area contributed by atoms with Gasteiger partial charge in [0, 0.05) is 20.3 Å². The molecule has 0 aliphatic rings. The first-order valence-electron chi connectivity index (χ1n) is 2.96. The van der Waals surface area contributed by atoms with E-state index in [1.54, 1.807) is 26.4 Å². The Kier molecular flexibility index (Phi) is 1.71. The first-order valence-corrected chi connectivity index (χ1v) is 2.96. The molecule has 1 aromatic rings. The number of nitrogens with one attached hydrogen (secondary N) is 1. The van der Waals surface area contributed by atoms with Crippen molar-refractivity contribution in [2.75, 3.05) is 12.4 Å². The van der Waals surface area contributed by atoms with Crippen molar-refractivity contribution in [3.05, 3.63) is 22.6 Å². The molecule has 0 spiro atoms. The van der Waals surface area contributed by atoms with Crippen molar-refractivity contribution < 1.29 is 0 Å². The maximum absolute atomic E-state index is 11.0. The molecule has 4 nitrogen and oxygen atoms in total. The molecule has 0 radical (unpaired) electrons. The van der Waals surface area contributed by atoms with E-state index in [1.807, 2.05) is 0 Å². The summed E-state index contributed by atoms with van der Waals surface area (Å²) in [4.78, 5) is 11.0. The van der Waals surface area contributed by atoms with Crippen LogP contribution in [0.1, 0.15) is 0 Å². The molecule has 0 unspecified atom stereocenters. The zero-order valence-electron chi connectivity index (χ0n) is 5.96. The number of hydrogen-bond donors (Lipinski definition) is 1. The summed E-state index contributed by atoms with van der Waals surface area (Å²) in [6.07, 6.45) is 1.58. The monoisotopic (exact) mass is 139 g/mol. The van der Waals surface area contributed by atoms with Crippen LogP contribution in [0.5, 0.6) is 0 Å². The molecule has 54 valence electrons. The number of aryl methyl sites for hydroxylation is 1. The Labute approximate surface area is 58.5 Å². The molecule has 4 heteroatoms. The number of anilines is 1. The molecule has 0 aliphatic heterocycles. The molecule has 0 atom stereocenters. The third kappa shape index (κ3) is 1.00. The fraction of sp³-hybridized carbons (Fsp3) is 0.333. The van der Waals surface area contributed by atoms with Crippen molar-refractivity contribution in [2.24, 2.45) is 7.05 Å².